The largest absolute Gasteiger partial charge is 0.871 e. The van der Waals surface area contributed by atoms with Crippen molar-refractivity contribution in [3.63, 3.8) is 0 Å². The van der Waals surface area contributed by atoms with E-state index in [1.54, 1.807) is 0 Å². The third kappa shape index (κ3) is 3.34. The summed E-state index contributed by atoms with van der Waals surface area (Å²) in [6.07, 6.45) is 3.54. The number of rotatable bonds is 6. The van der Waals surface area contributed by atoms with Gasteiger partial charge in [0.25, 0.3) is 0 Å². The summed E-state index contributed by atoms with van der Waals surface area (Å²) >= 11 is 0. The van der Waals surface area contributed by atoms with Gasteiger partial charge in [-0.1, -0.05) is 62.8 Å². The molecular formula is C31H34N2O2. The molecule has 1 aromatic heterocycles. The molecule has 2 atom stereocenters. The Bertz CT molecular complexity index is 1460. The van der Waals surface area contributed by atoms with E-state index in [9.17, 15) is 9.90 Å². The Hall–Kier alpha value is -3.40. The number of aromatic nitrogens is 1. The number of hydrogen-bond donors (Lipinski definition) is 0. The van der Waals surface area contributed by atoms with Crippen LogP contribution in [0.3, 0.4) is 0 Å². The maximum Gasteiger partial charge on any atom is 0.213 e. The van der Waals surface area contributed by atoms with Crippen LogP contribution in [0, 0.1) is 12.8 Å². The lowest BCUT2D eigenvalue weighted by molar-refractivity contribution is -0.401. The first kappa shape index (κ1) is 23.3. The monoisotopic (exact) mass is 466 g/mol. The fourth-order valence-electron chi connectivity index (χ4n) is 5.94. The second-order valence-corrected chi connectivity index (χ2v) is 10.2. The third-order valence-corrected chi connectivity index (χ3v) is 8.21. The SMILES string of the molecule is CCCCC(C)C(C)n1c(C)c(C2=C([O-])/C(=C3/C(C)=[N+](C)c4ccccc43)C2=O)c2ccccc21. The van der Waals surface area contributed by atoms with E-state index in [0.717, 1.165) is 51.1 Å². The number of carbonyl (C=O) groups is 1. The summed E-state index contributed by atoms with van der Waals surface area (Å²) in [6.45, 7) is 10.8. The minimum absolute atomic E-state index is 0.132. The highest BCUT2D eigenvalue weighted by atomic mass is 16.3. The molecule has 3 aromatic rings. The predicted molar refractivity (Wildman–Crippen MR) is 142 cm³/mol. The Labute approximate surface area is 207 Å². The van der Waals surface area contributed by atoms with Gasteiger partial charge in [-0.3, -0.25) is 4.79 Å². The van der Waals surface area contributed by atoms with Crippen molar-refractivity contribution in [2.45, 2.75) is 59.9 Å². The molecule has 0 spiro atoms. The molecule has 1 aliphatic heterocycles. The number of nitrogens with zero attached hydrogens (tertiary/aromatic N) is 2. The highest BCUT2D eigenvalue weighted by Crippen LogP contribution is 2.47. The van der Waals surface area contributed by atoms with E-state index in [1.807, 2.05) is 56.4 Å². The number of allylic oxidation sites excluding steroid dienone is 3. The summed E-state index contributed by atoms with van der Waals surface area (Å²) in [5, 5.41) is 14.7. The Morgan fingerprint density at radius 2 is 1.66 bits per heavy atom. The van der Waals surface area contributed by atoms with Gasteiger partial charge in [-0.2, -0.15) is 4.58 Å². The van der Waals surface area contributed by atoms with Gasteiger partial charge >= 0.3 is 0 Å². The molecular weight excluding hydrogens is 432 g/mol. The highest BCUT2D eigenvalue weighted by Gasteiger charge is 2.40. The molecule has 35 heavy (non-hydrogen) atoms. The van der Waals surface area contributed by atoms with Crippen molar-refractivity contribution >= 4 is 39.2 Å². The van der Waals surface area contributed by atoms with Crippen LogP contribution in [0.2, 0.25) is 0 Å². The van der Waals surface area contributed by atoms with Crippen molar-refractivity contribution in [3.05, 3.63) is 76.7 Å². The van der Waals surface area contributed by atoms with E-state index in [4.69, 9.17) is 0 Å². The molecule has 2 aliphatic rings. The van der Waals surface area contributed by atoms with Crippen LogP contribution < -0.4 is 5.11 Å². The molecule has 0 saturated heterocycles. The zero-order valence-electron chi connectivity index (χ0n) is 21.6. The Morgan fingerprint density at radius 1 is 0.971 bits per heavy atom. The molecule has 1 aliphatic carbocycles. The summed E-state index contributed by atoms with van der Waals surface area (Å²) in [5.41, 5.74) is 7.30. The van der Waals surface area contributed by atoms with Gasteiger partial charge in [0.05, 0.1) is 11.1 Å². The summed E-state index contributed by atoms with van der Waals surface area (Å²) in [7, 11) is 1.98. The average molecular weight is 467 g/mol. The molecule has 2 aromatic carbocycles. The van der Waals surface area contributed by atoms with Crippen LogP contribution in [0.4, 0.5) is 5.69 Å². The maximum atomic E-state index is 13.7. The molecule has 4 heteroatoms. The second kappa shape index (κ2) is 8.67. The fraction of sp³-hybridized carbons (Fsp3) is 0.355. The van der Waals surface area contributed by atoms with Gasteiger partial charge in [0.1, 0.15) is 7.05 Å². The van der Waals surface area contributed by atoms with Crippen molar-refractivity contribution in [2.24, 2.45) is 5.92 Å². The van der Waals surface area contributed by atoms with Crippen molar-refractivity contribution < 1.29 is 14.5 Å². The fourth-order valence-corrected chi connectivity index (χ4v) is 5.94. The summed E-state index contributed by atoms with van der Waals surface area (Å²) in [5.74, 6) is 0.231. The summed E-state index contributed by atoms with van der Waals surface area (Å²) in [6, 6.07) is 16.4. The van der Waals surface area contributed by atoms with E-state index in [1.165, 1.54) is 12.8 Å². The number of ketones is 1. The zero-order chi connectivity index (χ0) is 25.0. The highest BCUT2D eigenvalue weighted by molar-refractivity contribution is 6.46. The van der Waals surface area contributed by atoms with Crippen LogP contribution in [-0.4, -0.2) is 27.7 Å². The Balaban J connectivity index is 1.69. The first-order valence-electron chi connectivity index (χ1n) is 12.8. The Kier molecular flexibility index (Phi) is 5.79. The van der Waals surface area contributed by atoms with E-state index in [-0.39, 0.29) is 17.6 Å². The van der Waals surface area contributed by atoms with E-state index >= 15 is 0 Å². The zero-order valence-corrected chi connectivity index (χ0v) is 21.6. The minimum Gasteiger partial charge on any atom is -0.871 e. The number of fused-ring (bicyclic) bond motifs is 2. The van der Waals surface area contributed by atoms with Gasteiger partial charge in [0.2, 0.25) is 5.69 Å². The molecule has 180 valence electrons. The first-order chi connectivity index (χ1) is 16.8. The van der Waals surface area contributed by atoms with Crippen LogP contribution in [0.5, 0.6) is 0 Å². The standard InChI is InChI=1S/C31H34N2O2/c1-7-8-13-18(2)19(3)33-21(5)27(23-15-10-12-17-25(23)33)29-30(34)28(31(29)35)26-20(4)32(6)24-16-11-9-14-22(24)26/h9-12,14-19H,7-8,13H2,1-6H3. The topological polar surface area (TPSA) is 48.1 Å². The molecule has 2 heterocycles. The lowest BCUT2D eigenvalue weighted by atomic mass is 9.78. The van der Waals surface area contributed by atoms with Gasteiger partial charge in [-0.15, -0.1) is 0 Å². The summed E-state index contributed by atoms with van der Waals surface area (Å²) in [4.78, 5) is 13.7. The predicted octanol–water partition coefficient (Wildman–Crippen LogP) is 6.19. The first-order valence-corrected chi connectivity index (χ1v) is 12.8. The average Bonchev–Trinajstić information content (AvgIpc) is 3.28. The number of unbranched alkanes of at least 4 members (excludes halogenated alkanes) is 1. The van der Waals surface area contributed by atoms with Gasteiger partial charge in [-0.25, -0.2) is 0 Å². The van der Waals surface area contributed by atoms with Crippen molar-refractivity contribution in [2.75, 3.05) is 7.05 Å². The molecule has 4 nitrogen and oxygen atoms in total. The third-order valence-electron chi connectivity index (χ3n) is 8.21. The van der Waals surface area contributed by atoms with E-state index in [2.05, 4.69) is 42.9 Å². The van der Waals surface area contributed by atoms with Gasteiger partial charge in [0.15, 0.2) is 11.5 Å². The lowest BCUT2D eigenvalue weighted by Crippen LogP contribution is -2.31. The van der Waals surface area contributed by atoms with Crippen molar-refractivity contribution in [1.82, 2.24) is 4.57 Å². The number of para-hydroxylation sites is 2. The molecule has 5 rings (SSSR count). The molecule has 0 amide bonds. The van der Waals surface area contributed by atoms with Crippen LogP contribution in [0.1, 0.15) is 69.8 Å². The molecule has 2 unspecified atom stereocenters. The number of carbonyl (C=O) groups excluding carboxylic acids is 1. The molecule has 0 N–H and O–H groups in total. The van der Waals surface area contributed by atoms with Crippen LogP contribution >= 0.6 is 0 Å². The van der Waals surface area contributed by atoms with Crippen LogP contribution in [-0.2, 0) is 4.79 Å². The Morgan fingerprint density at radius 3 is 2.37 bits per heavy atom. The van der Waals surface area contributed by atoms with Gasteiger partial charge < -0.3 is 9.67 Å². The van der Waals surface area contributed by atoms with Gasteiger partial charge in [0, 0.05) is 52.3 Å². The van der Waals surface area contributed by atoms with Crippen molar-refractivity contribution in [3.8, 4) is 0 Å². The normalized spacial score (nSPS) is 19.4. The van der Waals surface area contributed by atoms with Crippen LogP contribution in [0.15, 0.2) is 59.9 Å². The number of hydrogen-bond acceptors (Lipinski definition) is 2. The molecule has 0 bridgehead atoms. The van der Waals surface area contributed by atoms with Crippen LogP contribution in [0.25, 0.3) is 22.0 Å². The molecule has 0 fully saturated rings. The molecule has 0 saturated carbocycles. The van der Waals surface area contributed by atoms with E-state index < -0.39 is 0 Å². The summed E-state index contributed by atoms with van der Waals surface area (Å²) < 4.78 is 4.41. The second-order valence-electron chi connectivity index (χ2n) is 10.2. The smallest absolute Gasteiger partial charge is 0.213 e. The lowest BCUT2D eigenvalue weighted by Gasteiger charge is -2.32. The number of Topliss-reactive ketones (excluding diaryl/α,β-unsaturated/α-hetero) is 1. The molecule has 0 radical (unpaired) electrons. The van der Waals surface area contributed by atoms with E-state index in [0.29, 0.717) is 17.1 Å². The van der Waals surface area contributed by atoms with Gasteiger partial charge in [-0.05, 0) is 38.3 Å². The quantitative estimate of drug-likeness (QED) is 0.321. The minimum atomic E-state index is -0.132. The maximum absolute atomic E-state index is 13.7. The van der Waals surface area contributed by atoms with Crippen molar-refractivity contribution in [1.29, 1.82) is 0 Å². The number of benzene rings is 2.